The van der Waals surface area contributed by atoms with Crippen molar-refractivity contribution in [3.05, 3.63) is 78.6 Å². The molecule has 1 aliphatic rings. The number of aromatic nitrogens is 1. The molecule has 0 saturated carbocycles. The van der Waals surface area contributed by atoms with E-state index >= 15 is 0 Å². The molecule has 0 bridgehead atoms. The first-order valence-corrected chi connectivity index (χ1v) is 11.6. The lowest BCUT2D eigenvalue weighted by Crippen LogP contribution is -2.37. The van der Waals surface area contributed by atoms with Crippen LogP contribution in [0, 0.1) is 0 Å². The van der Waals surface area contributed by atoms with Gasteiger partial charge in [-0.25, -0.2) is 0 Å². The number of amides is 2. The first-order chi connectivity index (χ1) is 17.0. The van der Waals surface area contributed by atoms with E-state index in [1.165, 1.54) is 4.90 Å². The molecule has 35 heavy (non-hydrogen) atoms. The van der Waals surface area contributed by atoms with Crippen LogP contribution in [-0.2, 0) is 16.1 Å². The second-order valence-corrected chi connectivity index (χ2v) is 8.23. The van der Waals surface area contributed by atoms with Crippen LogP contribution in [0.15, 0.2) is 73.1 Å². The minimum Gasteiger partial charge on any atom is -0.497 e. The van der Waals surface area contributed by atoms with E-state index in [9.17, 15) is 9.59 Å². The number of anilines is 2. The highest BCUT2D eigenvalue weighted by molar-refractivity contribution is 7.80. The molecule has 0 aliphatic carbocycles. The first-order valence-electron chi connectivity index (χ1n) is 11.2. The van der Waals surface area contributed by atoms with Crippen LogP contribution < -0.4 is 19.7 Å². The maximum absolute atomic E-state index is 13.5. The molecule has 1 fully saturated rings. The van der Waals surface area contributed by atoms with Crippen LogP contribution in [0.3, 0.4) is 0 Å². The summed E-state index contributed by atoms with van der Waals surface area (Å²) in [6, 6.07) is 17.2. The zero-order valence-electron chi connectivity index (χ0n) is 19.5. The Morgan fingerprint density at radius 2 is 1.80 bits per heavy atom. The molecule has 1 aliphatic heterocycles. The Bertz CT molecular complexity index is 1190. The third kappa shape index (κ3) is 5.58. The second-order valence-electron chi connectivity index (χ2n) is 7.87. The zero-order chi connectivity index (χ0) is 24.8. The quantitative estimate of drug-likeness (QED) is 0.454. The number of ether oxygens (including phenoxy) is 2. The Kier molecular flexibility index (Phi) is 7.57. The zero-order valence-corrected chi connectivity index (χ0v) is 20.3. The van der Waals surface area contributed by atoms with E-state index in [2.05, 4.69) is 10.3 Å². The fourth-order valence-corrected chi connectivity index (χ4v) is 4.25. The summed E-state index contributed by atoms with van der Waals surface area (Å²) >= 11 is 5.71. The van der Waals surface area contributed by atoms with Crippen molar-refractivity contribution in [3.63, 3.8) is 0 Å². The summed E-state index contributed by atoms with van der Waals surface area (Å²) in [4.78, 5) is 33.9. The van der Waals surface area contributed by atoms with Crippen LogP contribution in [0.25, 0.3) is 0 Å². The lowest BCUT2D eigenvalue weighted by molar-refractivity contribution is -0.124. The van der Waals surface area contributed by atoms with Gasteiger partial charge in [0.1, 0.15) is 17.5 Å². The molecular formula is C26H26N4O4S. The molecule has 1 saturated heterocycles. The fraction of sp³-hybridized carbons (Fsp3) is 0.231. The molecule has 8 nitrogen and oxygen atoms in total. The third-order valence-corrected chi connectivity index (χ3v) is 5.97. The maximum Gasteiger partial charge on any atom is 0.256 e. The van der Waals surface area contributed by atoms with Gasteiger partial charge in [0, 0.05) is 24.6 Å². The minimum atomic E-state index is -0.757. The van der Waals surface area contributed by atoms with Crippen LogP contribution in [0.2, 0.25) is 0 Å². The maximum atomic E-state index is 13.5. The van der Waals surface area contributed by atoms with Crippen LogP contribution >= 0.6 is 12.2 Å². The Balaban J connectivity index is 1.55. The average Bonchev–Trinajstić information content (AvgIpc) is 3.10. The Labute approximate surface area is 209 Å². The molecule has 1 atom stereocenters. The van der Waals surface area contributed by atoms with Gasteiger partial charge in [0.2, 0.25) is 5.91 Å². The highest BCUT2D eigenvalue weighted by atomic mass is 32.1. The van der Waals surface area contributed by atoms with Gasteiger partial charge in [-0.2, -0.15) is 0 Å². The molecule has 2 amide bonds. The summed E-state index contributed by atoms with van der Waals surface area (Å²) in [5, 5.41) is 3.20. The topological polar surface area (TPSA) is 84.0 Å². The van der Waals surface area contributed by atoms with Crippen LogP contribution in [0.1, 0.15) is 18.9 Å². The molecule has 180 valence electrons. The number of carbonyl (C=O) groups excluding carboxylic acids is 2. The Hall–Kier alpha value is -3.98. The number of rotatable bonds is 9. The average molecular weight is 491 g/mol. The van der Waals surface area contributed by atoms with E-state index in [1.54, 1.807) is 72.9 Å². The smallest absolute Gasteiger partial charge is 0.256 e. The molecule has 4 rings (SSSR count). The van der Waals surface area contributed by atoms with Crippen molar-refractivity contribution in [2.45, 2.75) is 25.9 Å². The molecule has 2 heterocycles. The molecule has 9 heteroatoms. The fourth-order valence-electron chi connectivity index (χ4n) is 3.86. The summed E-state index contributed by atoms with van der Waals surface area (Å²) in [7, 11) is 1.58. The number of carbonyl (C=O) groups is 2. The number of nitrogens with zero attached hydrogens (tertiary/aromatic N) is 3. The van der Waals surface area contributed by atoms with Crippen molar-refractivity contribution in [1.29, 1.82) is 0 Å². The second kappa shape index (κ2) is 11.0. The standard InChI is InChI=1S/C26H26N4O4S/c1-3-34-22-10-6-19(7-11-22)28-24(31)15-23-25(32)30(20-8-12-21(33-2)13-9-20)26(35)29(23)17-18-5-4-14-27-16-18/h4-14,16,23H,3,15,17H2,1-2H3,(H,28,31)/t23-/m0/s1. The van der Waals surface area contributed by atoms with E-state index in [0.717, 1.165) is 11.3 Å². The highest BCUT2D eigenvalue weighted by Crippen LogP contribution is 2.30. The predicted molar refractivity (Wildman–Crippen MR) is 138 cm³/mol. The van der Waals surface area contributed by atoms with Crippen LogP contribution in [-0.4, -0.2) is 46.6 Å². The van der Waals surface area contributed by atoms with Gasteiger partial charge in [-0.3, -0.25) is 19.5 Å². The van der Waals surface area contributed by atoms with Gasteiger partial charge in [0.05, 0.1) is 25.8 Å². The summed E-state index contributed by atoms with van der Waals surface area (Å²) in [5.41, 5.74) is 2.12. The van der Waals surface area contributed by atoms with Crippen molar-refractivity contribution >= 4 is 40.5 Å². The Morgan fingerprint density at radius 1 is 1.09 bits per heavy atom. The normalized spacial score (nSPS) is 15.3. The largest absolute Gasteiger partial charge is 0.497 e. The van der Waals surface area contributed by atoms with Gasteiger partial charge in [-0.1, -0.05) is 6.07 Å². The lowest BCUT2D eigenvalue weighted by atomic mass is 10.1. The molecule has 1 N–H and O–H groups in total. The molecule has 3 aromatic rings. The molecule has 0 radical (unpaired) electrons. The van der Waals surface area contributed by atoms with Crippen molar-refractivity contribution in [3.8, 4) is 11.5 Å². The van der Waals surface area contributed by atoms with Gasteiger partial charge in [0.25, 0.3) is 5.91 Å². The highest BCUT2D eigenvalue weighted by Gasteiger charge is 2.44. The number of thiocarbonyl (C=S) groups is 1. The van der Waals surface area contributed by atoms with Crippen LogP contribution in [0.5, 0.6) is 11.5 Å². The van der Waals surface area contributed by atoms with Gasteiger partial charge in [-0.05, 0) is 79.3 Å². The third-order valence-electron chi connectivity index (χ3n) is 5.55. The lowest BCUT2D eigenvalue weighted by Gasteiger charge is -2.24. The molecule has 0 spiro atoms. The van der Waals surface area contributed by atoms with Gasteiger partial charge in [0.15, 0.2) is 5.11 Å². The summed E-state index contributed by atoms with van der Waals surface area (Å²) in [5.74, 6) is 0.846. The van der Waals surface area contributed by atoms with E-state index < -0.39 is 6.04 Å². The monoisotopic (exact) mass is 490 g/mol. The van der Waals surface area contributed by atoms with E-state index in [4.69, 9.17) is 21.7 Å². The SMILES string of the molecule is CCOc1ccc(NC(=O)C[C@H]2C(=O)N(c3ccc(OC)cc3)C(=S)N2Cc2cccnc2)cc1. The number of methoxy groups -OCH3 is 1. The van der Waals surface area contributed by atoms with Crippen molar-refractivity contribution in [2.75, 3.05) is 23.9 Å². The van der Waals surface area contributed by atoms with Crippen molar-refractivity contribution in [1.82, 2.24) is 9.88 Å². The minimum absolute atomic E-state index is 0.0564. The molecular weight excluding hydrogens is 464 g/mol. The number of pyridine rings is 1. The van der Waals surface area contributed by atoms with Gasteiger partial charge in [-0.15, -0.1) is 0 Å². The predicted octanol–water partition coefficient (Wildman–Crippen LogP) is 4.02. The van der Waals surface area contributed by atoms with Crippen molar-refractivity contribution < 1.29 is 19.1 Å². The van der Waals surface area contributed by atoms with Crippen molar-refractivity contribution in [2.24, 2.45) is 0 Å². The number of hydrogen-bond acceptors (Lipinski definition) is 6. The van der Waals surface area contributed by atoms with E-state index in [1.807, 2.05) is 19.1 Å². The number of hydrogen-bond donors (Lipinski definition) is 1. The summed E-state index contributed by atoms with van der Waals surface area (Å²) in [6.07, 6.45) is 3.35. The summed E-state index contributed by atoms with van der Waals surface area (Å²) < 4.78 is 10.7. The summed E-state index contributed by atoms with van der Waals surface area (Å²) in [6.45, 7) is 2.82. The first kappa shape index (κ1) is 24.2. The number of benzene rings is 2. The number of nitrogens with one attached hydrogen (secondary N) is 1. The van der Waals surface area contributed by atoms with Gasteiger partial charge >= 0.3 is 0 Å². The van der Waals surface area contributed by atoms with Gasteiger partial charge < -0.3 is 19.7 Å². The molecule has 0 unspecified atom stereocenters. The molecule has 2 aromatic carbocycles. The van der Waals surface area contributed by atoms with E-state index in [-0.39, 0.29) is 18.2 Å². The van der Waals surface area contributed by atoms with Crippen LogP contribution in [0.4, 0.5) is 11.4 Å². The van der Waals surface area contributed by atoms with E-state index in [0.29, 0.717) is 35.4 Å². The Morgan fingerprint density at radius 3 is 2.43 bits per heavy atom. The molecule has 1 aromatic heterocycles.